The molecule has 0 atom stereocenters. The number of piperidine rings is 1. The zero-order chi connectivity index (χ0) is 24.7. The Kier molecular flexibility index (Phi) is 6.74. The molecule has 6 heteroatoms. The third-order valence-corrected chi connectivity index (χ3v) is 10.1. The molecule has 2 amide bonds. The highest BCUT2D eigenvalue weighted by atomic mass is 16.5. The Hall–Kier alpha value is -2.08. The van der Waals surface area contributed by atoms with Crippen LogP contribution >= 0.6 is 0 Å². The Morgan fingerprint density at radius 1 is 0.972 bits per heavy atom. The average molecular weight is 494 g/mol. The van der Waals surface area contributed by atoms with Gasteiger partial charge in [0.1, 0.15) is 5.75 Å². The Bertz CT molecular complexity index is 929. The maximum absolute atomic E-state index is 14.1. The molecule has 0 spiro atoms. The first-order valence-electron chi connectivity index (χ1n) is 14.5. The minimum absolute atomic E-state index is 0.0267. The first-order chi connectivity index (χ1) is 17.5. The molecule has 2 heterocycles. The molecule has 6 fully saturated rings. The summed E-state index contributed by atoms with van der Waals surface area (Å²) >= 11 is 0. The van der Waals surface area contributed by atoms with E-state index in [-0.39, 0.29) is 17.4 Å². The van der Waals surface area contributed by atoms with Gasteiger partial charge in [-0.3, -0.25) is 14.5 Å². The van der Waals surface area contributed by atoms with Crippen LogP contribution < -0.4 is 4.74 Å². The first-order valence-corrected chi connectivity index (χ1v) is 14.5. The lowest BCUT2D eigenvalue weighted by Crippen LogP contribution is -2.62. The highest BCUT2D eigenvalue weighted by molar-refractivity contribution is 5.80. The molecule has 4 bridgehead atoms. The van der Waals surface area contributed by atoms with Crippen molar-refractivity contribution < 1.29 is 14.3 Å². The van der Waals surface area contributed by atoms with Gasteiger partial charge in [0.2, 0.25) is 11.8 Å². The molecule has 36 heavy (non-hydrogen) atoms. The van der Waals surface area contributed by atoms with Crippen molar-refractivity contribution in [2.24, 2.45) is 23.7 Å². The fraction of sp³-hybridized carbons (Fsp3) is 0.733. The van der Waals surface area contributed by atoms with Crippen molar-refractivity contribution in [3.05, 3.63) is 29.8 Å². The van der Waals surface area contributed by atoms with E-state index in [1.807, 2.05) is 12.1 Å². The van der Waals surface area contributed by atoms with Crippen molar-refractivity contribution >= 4 is 11.8 Å². The lowest BCUT2D eigenvalue weighted by atomic mass is 9.52. The SMILES string of the molecule is COc1cccc(CN(C(=O)CN2CCC(C(=O)N3CCCC3)CC2)C23CC4CC(CC(C4)C2)C3)c1. The predicted octanol–water partition coefficient (Wildman–Crippen LogP) is 4.33. The molecule has 2 saturated heterocycles. The van der Waals surface area contributed by atoms with E-state index in [0.29, 0.717) is 19.0 Å². The van der Waals surface area contributed by atoms with Gasteiger partial charge in [0.15, 0.2) is 0 Å². The topological polar surface area (TPSA) is 53.1 Å². The number of benzene rings is 1. The van der Waals surface area contributed by atoms with Crippen molar-refractivity contribution in [3.8, 4) is 5.75 Å². The van der Waals surface area contributed by atoms with Gasteiger partial charge in [0.25, 0.3) is 0 Å². The van der Waals surface area contributed by atoms with Crippen LogP contribution in [0.5, 0.6) is 5.75 Å². The number of carbonyl (C=O) groups excluding carboxylic acids is 2. The number of carbonyl (C=O) groups is 2. The molecule has 4 saturated carbocycles. The van der Waals surface area contributed by atoms with Crippen LogP contribution in [0, 0.1) is 23.7 Å². The standard InChI is InChI=1S/C30H43N3O3/c1-36-27-6-4-5-22(16-27)20-33(30-17-23-13-24(18-30)15-25(14-23)19-30)28(34)21-31-11-7-26(8-12-31)29(35)32-9-2-3-10-32/h4-6,16,23-26H,2-3,7-15,17-21H2,1H3. The van der Waals surface area contributed by atoms with Crippen LogP contribution in [0.1, 0.15) is 69.8 Å². The zero-order valence-electron chi connectivity index (χ0n) is 22.0. The molecule has 0 N–H and O–H groups in total. The fourth-order valence-corrected chi connectivity index (χ4v) is 8.68. The van der Waals surface area contributed by atoms with Gasteiger partial charge in [-0.05, 0) is 113 Å². The number of rotatable bonds is 7. The summed E-state index contributed by atoms with van der Waals surface area (Å²) in [7, 11) is 1.71. The summed E-state index contributed by atoms with van der Waals surface area (Å²) in [5.41, 5.74) is 1.19. The van der Waals surface area contributed by atoms with Crippen LogP contribution in [0.4, 0.5) is 0 Å². The molecule has 7 rings (SSSR count). The summed E-state index contributed by atoms with van der Waals surface area (Å²) in [5.74, 6) is 4.02. The Labute approximate surface area is 216 Å². The summed E-state index contributed by atoms with van der Waals surface area (Å²) in [6.07, 6.45) is 11.7. The Morgan fingerprint density at radius 3 is 2.22 bits per heavy atom. The summed E-state index contributed by atoms with van der Waals surface area (Å²) in [4.78, 5) is 33.6. The van der Waals surface area contributed by atoms with Crippen LogP contribution in [0.25, 0.3) is 0 Å². The molecule has 0 unspecified atom stereocenters. The van der Waals surface area contributed by atoms with Crippen LogP contribution in [0.2, 0.25) is 0 Å². The molecule has 1 aromatic carbocycles. The molecule has 0 radical (unpaired) electrons. The van der Waals surface area contributed by atoms with Crippen molar-refractivity contribution in [1.82, 2.24) is 14.7 Å². The van der Waals surface area contributed by atoms with Gasteiger partial charge in [-0.15, -0.1) is 0 Å². The summed E-state index contributed by atoms with van der Waals surface area (Å²) < 4.78 is 5.49. The third kappa shape index (κ3) is 4.78. The molecule has 6 aliphatic rings. The van der Waals surface area contributed by atoms with E-state index in [9.17, 15) is 9.59 Å². The highest BCUT2D eigenvalue weighted by Crippen LogP contribution is 2.58. The lowest BCUT2D eigenvalue weighted by molar-refractivity contribution is -0.154. The number of likely N-dealkylation sites (tertiary alicyclic amines) is 2. The van der Waals surface area contributed by atoms with E-state index in [1.54, 1.807) is 7.11 Å². The number of nitrogens with zero attached hydrogens (tertiary/aromatic N) is 3. The number of methoxy groups -OCH3 is 1. The number of hydrogen-bond acceptors (Lipinski definition) is 4. The Balaban J connectivity index is 1.16. The second-order valence-electron chi connectivity index (χ2n) is 12.6. The summed E-state index contributed by atoms with van der Waals surface area (Å²) in [6, 6.07) is 8.25. The van der Waals surface area contributed by atoms with Crippen molar-refractivity contribution in [3.63, 3.8) is 0 Å². The second-order valence-corrected chi connectivity index (χ2v) is 12.6. The van der Waals surface area contributed by atoms with E-state index in [0.717, 1.165) is 80.9 Å². The van der Waals surface area contributed by atoms with Crippen LogP contribution in [0.3, 0.4) is 0 Å². The molecule has 4 aliphatic carbocycles. The normalized spacial score (nSPS) is 32.1. The average Bonchev–Trinajstić information content (AvgIpc) is 3.42. The van der Waals surface area contributed by atoms with E-state index in [2.05, 4.69) is 26.8 Å². The molecule has 1 aromatic rings. The first kappa shape index (κ1) is 24.3. The monoisotopic (exact) mass is 493 g/mol. The molecular formula is C30H43N3O3. The smallest absolute Gasteiger partial charge is 0.237 e. The van der Waals surface area contributed by atoms with E-state index < -0.39 is 0 Å². The Morgan fingerprint density at radius 2 is 1.61 bits per heavy atom. The van der Waals surface area contributed by atoms with Crippen molar-refractivity contribution in [2.75, 3.05) is 39.8 Å². The van der Waals surface area contributed by atoms with Gasteiger partial charge in [-0.25, -0.2) is 0 Å². The molecular weight excluding hydrogens is 450 g/mol. The minimum atomic E-state index is 0.0267. The quantitative estimate of drug-likeness (QED) is 0.568. The van der Waals surface area contributed by atoms with Gasteiger partial charge in [0, 0.05) is 31.1 Å². The largest absolute Gasteiger partial charge is 0.497 e. The maximum Gasteiger partial charge on any atom is 0.237 e. The fourth-order valence-electron chi connectivity index (χ4n) is 8.68. The maximum atomic E-state index is 14.1. The van der Waals surface area contributed by atoms with E-state index in [4.69, 9.17) is 4.74 Å². The molecule has 0 aromatic heterocycles. The van der Waals surface area contributed by atoms with Crippen molar-refractivity contribution in [1.29, 1.82) is 0 Å². The van der Waals surface area contributed by atoms with E-state index >= 15 is 0 Å². The second kappa shape index (κ2) is 10.00. The van der Waals surface area contributed by atoms with Crippen LogP contribution in [-0.2, 0) is 16.1 Å². The highest BCUT2D eigenvalue weighted by Gasteiger charge is 2.54. The predicted molar refractivity (Wildman–Crippen MR) is 139 cm³/mol. The van der Waals surface area contributed by atoms with Gasteiger partial charge < -0.3 is 14.5 Å². The van der Waals surface area contributed by atoms with Crippen LogP contribution in [-0.4, -0.2) is 71.9 Å². The minimum Gasteiger partial charge on any atom is -0.497 e. The van der Waals surface area contributed by atoms with Gasteiger partial charge in [0.05, 0.1) is 13.7 Å². The van der Waals surface area contributed by atoms with Crippen molar-refractivity contribution in [2.45, 2.75) is 76.3 Å². The molecule has 6 nitrogen and oxygen atoms in total. The zero-order valence-corrected chi connectivity index (χ0v) is 22.0. The summed E-state index contributed by atoms with van der Waals surface area (Å²) in [6.45, 7) is 4.72. The summed E-state index contributed by atoms with van der Waals surface area (Å²) in [5, 5.41) is 0. The van der Waals surface area contributed by atoms with Gasteiger partial charge in [-0.2, -0.15) is 0 Å². The number of ether oxygens (including phenoxy) is 1. The molecule has 196 valence electrons. The van der Waals surface area contributed by atoms with E-state index in [1.165, 1.54) is 38.5 Å². The third-order valence-electron chi connectivity index (χ3n) is 10.1. The van der Waals surface area contributed by atoms with Gasteiger partial charge in [-0.1, -0.05) is 12.1 Å². The lowest BCUT2D eigenvalue weighted by Gasteiger charge is -2.60. The van der Waals surface area contributed by atoms with Crippen LogP contribution in [0.15, 0.2) is 24.3 Å². The molecule has 2 aliphatic heterocycles. The number of hydrogen-bond donors (Lipinski definition) is 0. The van der Waals surface area contributed by atoms with Gasteiger partial charge >= 0.3 is 0 Å². The number of amides is 2.